The van der Waals surface area contributed by atoms with Crippen molar-refractivity contribution >= 4 is 23.5 Å². The van der Waals surface area contributed by atoms with Gasteiger partial charge in [0.1, 0.15) is 6.04 Å². The monoisotopic (exact) mass is 462 g/mol. The topological polar surface area (TPSA) is 73.0 Å². The summed E-state index contributed by atoms with van der Waals surface area (Å²) in [6, 6.07) is 8.83. The number of para-hydroxylation sites is 1. The molecule has 0 radical (unpaired) electrons. The van der Waals surface area contributed by atoms with Crippen LogP contribution in [0.3, 0.4) is 0 Å². The van der Waals surface area contributed by atoms with Crippen molar-refractivity contribution in [3.63, 3.8) is 0 Å². The Kier molecular flexibility index (Phi) is 5.68. The number of amides is 4. The molecule has 5 aliphatic rings. The van der Waals surface area contributed by atoms with Gasteiger partial charge in [-0.1, -0.05) is 36.3 Å². The van der Waals surface area contributed by atoms with Crippen LogP contribution in [0, 0.1) is 11.8 Å². The highest BCUT2D eigenvalue weighted by molar-refractivity contribution is 6.21. The average molecular weight is 463 g/mol. The lowest BCUT2D eigenvalue weighted by atomic mass is 9.68. The number of rotatable bonds is 4. The Balaban J connectivity index is 1.13. The highest BCUT2D eigenvalue weighted by Gasteiger charge is 2.47. The number of fused-ring (bicyclic) bond motifs is 6. The van der Waals surface area contributed by atoms with Gasteiger partial charge in [0.25, 0.3) is 5.91 Å². The summed E-state index contributed by atoms with van der Waals surface area (Å²) < 4.78 is 0. The number of benzene rings is 1. The SMILES string of the molecule is O=C1N[C@H](CCC(=O)N2CCCC3=C[C@H]4C[C@@H](CN5CCCC[C@H]45)[C@@H]32)C(=O)N1c1ccccc1. The van der Waals surface area contributed by atoms with Gasteiger partial charge in [0.15, 0.2) is 0 Å². The first-order valence-electron chi connectivity index (χ1n) is 13.0. The van der Waals surface area contributed by atoms with E-state index in [4.69, 9.17) is 0 Å². The number of urea groups is 1. The molecule has 0 unspecified atom stereocenters. The molecule has 1 aromatic carbocycles. The van der Waals surface area contributed by atoms with Crippen molar-refractivity contribution in [3.8, 4) is 0 Å². The number of carbonyl (C=O) groups excluding carboxylic acids is 3. The zero-order chi connectivity index (χ0) is 23.2. The summed E-state index contributed by atoms with van der Waals surface area (Å²) in [6.07, 6.45) is 10.4. The average Bonchev–Trinajstić information content (AvgIpc) is 3.15. The molecule has 1 aliphatic carbocycles. The van der Waals surface area contributed by atoms with Crippen LogP contribution >= 0.6 is 0 Å². The smallest absolute Gasteiger partial charge is 0.329 e. The van der Waals surface area contributed by atoms with E-state index in [0.29, 0.717) is 30.0 Å². The first kappa shape index (κ1) is 21.8. The van der Waals surface area contributed by atoms with E-state index in [2.05, 4.69) is 21.2 Å². The van der Waals surface area contributed by atoms with Crippen LogP contribution in [0.4, 0.5) is 10.5 Å². The third-order valence-electron chi connectivity index (χ3n) is 8.66. The van der Waals surface area contributed by atoms with E-state index in [0.717, 1.165) is 25.9 Å². The lowest BCUT2D eigenvalue weighted by molar-refractivity contribution is -0.136. The molecule has 0 spiro atoms. The van der Waals surface area contributed by atoms with E-state index < -0.39 is 12.1 Å². The molecule has 7 heteroatoms. The van der Waals surface area contributed by atoms with Crippen LogP contribution in [0.1, 0.15) is 51.4 Å². The molecule has 4 amide bonds. The number of imide groups is 1. The van der Waals surface area contributed by atoms with Crippen molar-refractivity contribution in [2.45, 2.75) is 69.5 Å². The minimum atomic E-state index is -0.643. The quantitative estimate of drug-likeness (QED) is 0.550. The molecule has 2 bridgehead atoms. The van der Waals surface area contributed by atoms with Gasteiger partial charge in [0.2, 0.25) is 5.91 Å². The minimum Gasteiger partial charge on any atom is -0.336 e. The number of likely N-dealkylation sites (tertiary alicyclic amines) is 1. The Morgan fingerprint density at radius 3 is 2.76 bits per heavy atom. The number of hydrogen-bond acceptors (Lipinski definition) is 4. The second-order valence-electron chi connectivity index (χ2n) is 10.6. The van der Waals surface area contributed by atoms with Crippen LogP contribution in [-0.4, -0.2) is 65.4 Å². The van der Waals surface area contributed by atoms with Crippen LogP contribution in [-0.2, 0) is 9.59 Å². The summed E-state index contributed by atoms with van der Waals surface area (Å²) in [7, 11) is 0. The van der Waals surface area contributed by atoms with E-state index in [1.807, 2.05) is 6.07 Å². The molecule has 4 heterocycles. The zero-order valence-electron chi connectivity index (χ0n) is 19.7. The summed E-state index contributed by atoms with van der Waals surface area (Å²) in [5.41, 5.74) is 2.04. The van der Waals surface area contributed by atoms with Gasteiger partial charge in [-0.15, -0.1) is 0 Å². The van der Waals surface area contributed by atoms with Gasteiger partial charge in [-0.05, 0) is 69.0 Å². The van der Waals surface area contributed by atoms with Crippen molar-refractivity contribution in [1.82, 2.24) is 15.1 Å². The van der Waals surface area contributed by atoms with E-state index in [-0.39, 0.29) is 24.3 Å². The lowest BCUT2D eigenvalue weighted by Gasteiger charge is -2.54. The molecule has 4 saturated heterocycles. The maximum Gasteiger partial charge on any atom is 0.329 e. The molecule has 4 aliphatic heterocycles. The van der Waals surface area contributed by atoms with Crippen molar-refractivity contribution in [2.75, 3.05) is 24.5 Å². The fourth-order valence-corrected chi connectivity index (χ4v) is 7.21. The Bertz CT molecular complexity index is 1010. The highest BCUT2D eigenvalue weighted by Crippen LogP contribution is 2.45. The summed E-state index contributed by atoms with van der Waals surface area (Å²) in [5, 5.41) is 2.78. The molecule has 0 saturated carbocycles. The summed E-state index contributed by atoms with van der Waals surface area (Å²) in [4.78, 5) is 44.8. The largest absolute Gasteiger partial charge is 0.336 e. The molecular weight excluding hydrogens is 428 g/mol. The highest BCUT2D eigenvalue weighted by atomic mass is 16.2. The number of anilines is 1. The summed E-state index contributed by atoms with van der Waals surface area (Å²) >= 11 is 0. The maximum atomic E-state index is 13.4. The van der Waals surface area contributed by atoms with Crippen molar-refractivity contribution < 1.29 is 14.4 Å². The molecular formula is C27H34N4O3. The minimum absolute atomic E-state index is 0.120. The maximum absolute atomic E-state index is 13.4. The molecule has 7 nitrogen and oxygen atoms in total. The molecule has 34 heavy (non-hydrogen) atoms. The molecule has 180 valence electrons. The van der Waals surface area contributed by atoms with Gasteiger partial charge in [-0.3, -0.25) is 14.5 Å². The molecule has 1 N–H and O–H groups in total. The lowest BCUT2D eigenvalue weighted by Crippen LogP contribution is -2.60. The molecule has 5 atom stereocenters. The number of nitrogens with zero attached hydrogens (tertiary/aromatic N) is 3. The van der Waals surface area contributed by atoms with Crippen molar-refractivity contribution in [1.29, 1.82) is 0 Å². The zero-order valence-corrected chi connectivity index (χ0v) is 19.7. The normalized spacial score (nSPS) is 33.2. The van der Waals surface area contributed by atoms with Crippen LogP contribution in [0.2, 0.25) is 0 Å². The van der Waals surface area contributed by atoms with Crippen LogP contribution in [0.15, 0.2) is 42.0 Å². The van der Waals surface area contributed by atoms with Gasteiger partial charge in [-0.2, -0.15) is 0 Å². The second kappa shape index (κ2) is 8.84. The Morgan fingerprint density at radius 1 is 1.06 bits per heavy atom. The molecule has 6 rings (SSSR count). The van der Waals surface area contributed by atoms with E-state index in [1.165, 1.54) is 42.7 Å². The Morgan fingerprint density at radius 2 is 1.91 bits per heavy atom. The van der Waals surface area contributed by atoms with Crippen molar-refractivity contribution in [3.05, 3.63) is 42.0 Å². The predicted octanol–water partition coefficient (Wildman–Crippen LogP) is 3.31. The number of nitrogens with one attached hydrogen (secondary N) is 1. The summed E-state index contributed by atoms with van der Waals surface area (Å²) in [5.74, 6) is 1.02. The predicted molar refractivity (Wildman–Crippen MR) is 129 cm³/mol. The fourth-order valence-electron chi connectivity index (χ4n) is 7.21. The Labute approximate surface area is 201 Å². The molecule has 0 aromatic heterocycles. The first-order valence-corrected chi connectivity index (χ1v) is 13.0. The third kappa shape index (κ3) is 3.74. The van der Waals surface area contributed by atoms with Crippen LogP contribution in [0.25, 0.3) is 0 Å². The standard InChI is InChI=1S/C27H34N4O3/c32-24(12-11-22-26(33)31(27(34)28-22)21-8-2-1-3-9-21)30-14-6-7-18-15-19-16-20(25(18)30)17-29-13-5-4-10-23(19)29/h1-3,8-9,15,19-20,22-23,25H,4-7,10-14,16-17H2,(H,28,34)/t19-,20-,22+,23+,25+/m0/s1. The van der Waals surface area contributed by atoms with Gasteiger partial charge in [0.05, 0.1) is 11.7 Å². The van der Waals surface area contributed by atoms with Crippen LogP contribution < -0.4 is 10.2 Å². The Hall–Kier alpha value is -2.67. The van der Waals surface area contributed by atoms with E-state index in [9.17, 15) is 14.4 Å². The summed E-state index contributed by atoms with van der Waals surface area (Å²) in [6.45, 7) is 3.10. The van der Waals surface area contributed by atoms with Gasteiger partial charge in [0, 0.05) is 25.6 Å². The molecule has 1 aromatic rings. The van der Waals surface area contributed by atoms with E-state index >= 15 is 0 Å². The number of piperidine rings is 3. The van der Waals surface area contributed by atoms with Crippen LogP contribution in [0.5, 0.6) is 0 Å². The fraction of sp³-hybridized carbons (Fsp3) is 0.593. The van der Waals surface area contributed by atoms with Crippen molar-refractivity contribution in [2.24, 2.45) is 11.8 Å². The first-order chi connectivity index (χ1) is 16.6. The van der Waals surface area contributed by atoms with Gasteiger partial charge >= 0.3 is 6.03 Å². The second-order valence-corrected chi connectivity index (χ2v) is 10.6. The third-order valence-corrected chi connectivity index (χ3v) is 8.66. The molecule has 4 fully saturated rings. The van der Waals surface area contributed by atoms with Gasteiger partial charge < -0.3 is 10.2 Å². The number of carbonyl (C=O) groups is 3. The number of hydrogen-bond donors (Lipinski definition) is 1. The van der Waals surface area contributed by atoms with Gasteiger partial charge in [-0.25, -0.2) is 9.69 Å². The van der Waals surface area contributed by atoms with E-state index in [1.54, 1.807) is 24.3 Å².